The van der Waals surface area contributed by atoms with Gasteiger partial charge in [-0.05, 0) is 36.2 Å². The summed E-state index contributed by atoms with van der Waals surface area (Å²) >= 11 is 1.50. The lowest BCUT2D eigenvalue weighted by atomic mass is 10.1. The van der Waals surface area contributed by atoms with Crippen LogP contribution in [0.3, 0.4) is 0 Å². The molecule has 0 atom stereocenters. The number of nitro groups is 1. The Hall–Kier alpha value is -3.98. The fraction of sp³-hybridized carbons (Fsp3) is 0.125. The predicted molar refractivity (Wildman–Crippen MR) is 126 cm³/mol. The van der Waals surface area contributed by atoms with Crippen LogP contribution >= 0.6 is 11.8 Å². The molecule has 0 saturated heterocycles. The SMILES string of the molecule is Cc1ccccc1C(=O)NCc1nnc(SCc2ccccc2)n1-c1ccc([N+](=O)[O-])cc1. The summed E-state index contributed by atoms with van der Waals surface area (Å²) in [7, 11) is 0. The molecule has 0 saturated carbocycles. The van der Waals surface area contributed by atoms with Gasteiger partial charge in [0.2, 0.25) is 0 Å². The molecule has 1 heterocycles. The van der Waals surface area contributed by atoms with Gasteiger partial charge < -0.3 is 5.32 Å². The van der Waals surface area contributed by atoms with E-state index in [-0.39, 0.29) is 18.1 Å². The van der Waals surface area contributed by atoms with Gasteiger partial charge in [0.15, 0.2) is 11.0 Å². The maximum Gasteiger partial charge on any atom is 0.269 e. The highest BCUT2D eigenvalue weighted by atomic mass is 32.2. The second-order valence-corrected chi connectivity index (χ2v) is 8.22. The fourth-order valence-electron chi connectivity index (χ4n) is 3.30. The average Bonchev–Trinajstić information content (AvgIpc) is 3.25. The zero-order chi connectivity index (χ0) is 23.2. The summed E-state index contributed by atoms with van der Waals surface area (Å²) in [6.45, 7) is 2.04. The van der Waals surface area contributed by atoms with Gasteiger partial charge in [-0.3, -0.25) is 19.5 Å². The number of aryl methyl sites for hydroxylation is 1. The lowest BCUT2D eigenvalue weighted by Gasteiger charge is -2.11. The van der Waals surface area contributed by atoms with Gasteiger partial charge in [-0.2, -0.15) is 0 Å². The first-order valence-electron chi connectivity index (χ1n) is 10.2. The van der Waals surface area contributed by atoms with Crippen molar-refractivity contribution in [2.75, 3.05) is 0 Å². The fourth-order valence-corrected chi connectivity index (χ4v) is 4.22. The molecule has 0 unspecified atom stereocenters. The van der Waals surface area contributed by atoms with E-state index in [2.05, 4.69) is 15.5 Å². The van der Waals surface area contributed by atoms with Crippen LogP contribution in [-0.4, -0.2) is 25.6 Å². The largest absolute Gasteiger partial charge is 0.345 e. The Morgan fingerprint density at radius 2 is 1.70 bits per heavy atom. The van der Waals surface area contributed by atoms with E-state index in [1.807, 2.05) is 60.0 Å². The van der Waals surface area contributed by atoms with E-state index in [1.54, 1.807) is 18.2 Å². The second kappa shape index (κ2) is 10.1. The number of hydrogen-bond acceptors (Lipinski definition) is 6. The number of non-ortho nitro benzene ring substituents is 1. The zero-order valence-electron chi connectivity index (χ0n) is 17.8. The first-order chi connectivity index (χ1) is 16.0. The van der Waals surface area contributed by atoms with Gasteiger partial charge in [-0.1, -0.05) is 60.3 Å². The maximum absolute atomic E-state index is 12.7. The van der Waals surface area contributed by atoms with Crippen molar-refractivity contribution in [1.29, 1.82) is 0 Å². The van der Waals surface area contributed by atoms with Crippen LogP contribution in [0.1, 0.15) is 27.3 Å². The van der Waals surface area contributed by atoms with Gasteiger partial charge in [0.25, 0.3) is 11.6 Å². The third-order valence-corrected chi connectivity index (χ3v) is 6.03. The van der Waals surface area contributed by atoms with Crippen molar-refractivity contribution < 1.29 is 9.72 Å². The predicted octanol–water partition coefficient (Wildman–Crippen LogP) is 4.71. The number of aromatic nitrogens is 3. The summed E-state index contributed by atoms with van der Waals surface area (Å²) in [6, 6.07) is 23.5. The highest BCUT2D eigenvalue weighted by molar-refractivity contribution is 7.98. The second-order valence-electron chi connectivity index (χ2n) is 7.28. The molecule has 3 aromatic carbocycles. The minimum Gasteiger partial charge on any atom is -0.345 e. The number of nitrogens with one attached hydrogen (secondary N) is 1. The van der Waals surface area contributed by atoms with Crippen LogP contribution in [0, 0.1) is 17.0 Å². The Morgan fingerprint density at radius 3 is 2.39 bits per heavy atom. The molecule has 166 valence electrons. The number of thioether (sulfide) groups is 1. The van der Waals surface area contributed by atoms with Crippen molar-refractivity contribution in [1.82, 2.24) is 20.1 Å². The highest BCUT2D eigenvalue weighted by Crippen LogP contribution is 2.26. The molecule has 1 N–H and O–H groups in total. The first-order valence-corrected chi connectivity index (χ1v) is 11.2. The smallest absolute Gasteiger partial charge is 0.269 e. The summed E-state index contributed by atoms with van der Waals surface area (Å²) in [5.41, 5.74) is 3.29. The number of rotatable bonds is 8. The Kier molecular flexibility index (Phi) is 6.80. The van der Waals surface area contributed by atoms with Crippen molar-refractivity contribution >= 4 is 23.4 Å². The molecule has 0 aliphatic rings. The zero-order valence-corrected chi connectivity index (χ0v) is 18.7. The van der Waals surface area contributed by atoms with E-state index in [1.165, 1.54) is 23.9 Å². The Labute approximate surface area is 194 Å². The average molecular weight is 460 g/mol. The van der Waals surface area contributed by atoms with Gasteiger partial charge >= 0.3 is 0 Å². The molecule has 8 nitrogen and oxygen atoms in total. The molecule has 4 rings (SSSR count). The lowest BCUT2D eigenvalue weighted by molar-refractivity contribution is -0.384. The minimum atomic E-state index is -0.440. The number of nitro benzene ring substituents is 1. The Morgan fingerprint density at radius 1 is 1.00 bits per heavy atom. The van der Waals surface area contributed by atoms with Crippen LogP contribution in [0.15, 0.2) is 84.0 Å². The first kappa shape index (κ1) is 22.2. The molecular formula is C24H21N5O3S. The number of hydrogen-bond donors (Lipinski definition) is 1. The molecule has 0 spiro atoms. The summed E-state index contributed by atoms with van der Waals surface area (Å²) in [5.74, 6) is 1.01. The molecule has 1 amide bonds. The normalized spacial score (nSPS) is 10.7. The molecular weight excluding hydrogens is 438 g/mol. The molecule has 1 aromatic heterocycles. The molecule has 4 aromatic rings. The van der Waals surface area contributed by atoms with Gasteiger partial charge in [-0.25, -0.2) is 0 Å². The molecule has 9 heteroatoms. The number of carbonyl (C=O) groups excluding carboxylic acids is 1. The number of amides is 1. The monoisotopic (exact) mass is 459 g/mol. The summed E-state index contributed by atoms with van der Waals surface area (Å²) in [4.78, 5) is 23.3. The Balaban J connectivity index is 1.60. The van der Waals surface area contributed by atoms with E-state index in [9.17, 15) is 14.9 Å². The van der Waals surface area contributed by atoms with Crippen molar-refractivity contribution in [2.45, 2.75) is 24.4 Å². The number of carbonyl (C=O) groups is 1. The van der Waals surface area contributed by atoms with Crippen LogP contribution in [0.25, 0.3) is 5.69 Å². The van der Waals surface area contributed by atoms with Crippen LogP contribution in [0.2, 0.25) is 0 Å². The quantitative estimate of drug-likeness (QED) is 0.233. The minimum absolute atomic E-state index is 0.000260. The topological polar surface area (TPSA) is 103 Å². The van der Waals surface area contributed by atoms with Crippen molar-refractivity contribution in [3.8, 4) is 5.69 Å². The molecule has 0 radical (unpaired) electrons. The maximum atomic E-state index is 12.7. The van der Waals surface area contributed by atoms with Gasteiger partial charge in [-0.15, -0.1) is 10.2 Å². The van der Waals surface area contributed by atoms with Gasteiger partial charge in [0, 0.05) is 29.1 Å². The lowest BCUT2D eigenvalue weighted by Crippen LogP contribution is -2.25. The third-order valence-electron chi connectivity index (χ3n) is 5.03. The Bertz CT molecular complexity index is 1270. The highest BCUT2D eigenvalue weighted by Gasteiger charge is 2.17. The van der Waals surface area contributed by atoms with Crippen molar-refractivity contribution in [2.24, 2.45) is 0 Å². The van der Waals surface area contributed by atoms with Crippen LogP contribution in [-0.2, 0) is 12.3 Å². The van der Waals surface area contributed by atoms with E-state index >= 15 is 0 Å². The van der Waals surface area contributed by atoms with E-state index < -0.39 is 4.92 Å². The number of benzene rings is 3. The standard InChI is InChI=1S/C24H21N5O3S/c1-17-7-5-6-10-21(17)23(30)25-15-22-26-27-24(33-16-18-8-3-2-4-9-18)28(22)19-11-13-20(14-12-19)29(31)32/h2-14H,15-16H2,1H3,(H,25,30). The summed E-state index contributed by atoms with van der Waals surface area (Å²) < 4.78 is 1.81. The van der Waals surface area contributed by atoms with Crippen LogP contribution < -0.4 is 5.32 Å². The molecule has 0 aliphatic carbocycles. The molecule has 0 bridgehead atoms. The van der Waals surface area contributed by atoms with E-state index in [4.69, 9.17) is 0 Å². The van der Waals surface area contributed by atoms with Crippen molar-refractivity contribution in [3.63, 3.8) is 0 Å². The summed E-state index contributed by atoms with van der Waals surface area (Å²) in [5, 5.41) is 23.2. The molecule has 33 heavy (non-hydrogen) atoms. The van der Waals surface area contributed by atoms with Crippen LogP contribution in [0.4, 0.5) is 5.69 Å². The third kappa shape index (κ3) is 5.27. The van der Waals surface area contributed by atoms with Gasteiger partial charge in [0.05, 0.1) is 11.5 Å². The van der Waals surface area contributed by atoms with E-state index in [0.717, 1.165) is 11.1 Å². The van der Waals surface area contributed by atoms with E-state index in [0.29, 0.717) is 28.0 Å². The van der Waals surface area contributed by atoms with Crippen molar-refractivity contribution in [3.05, 3.63) is 111 Å². The van der Waals surface area contributed by atoms with Gasteiger partial charge in [0.1, 0.15) is 0 Å². The summed E-state index contributed by atoms with van der Waals surface area (Å²) in [6.07, 6.45) is 0. The van der Waals surface area contributed by atoms with Crippen LogP contribution in [0.5, 0.6) is 0 Å². The number of nitrogens with zero attached hydrogens (tertiary/aromatic N) is 4. The molecule has 0 aliphatic heterocycles. The molecule has 0 fully saturated rings.